The van der Waals surface area contributed by atoms with Crippen LogP contribution in [0.1, 0.15) is 5.56 Å². The number of nitrogens with one attached hydrogen (secondary N) is 2. The SMILES string of the molecule is N#Cc1cccc(NC(=O)C2CSCC(=O)N2)c1. The quantitative estimate of drug-likeness (QED) is 0.822. The summed E-state index contributed by atoms with van der Waals surface area (Å²) in [5.74, 6) is 0.575. The highest BCUT2D eigenvalue weighted by molar-refractivity contribution is 8.00. The summed E-state index contributed by atoms with van der Waals surface area (Å²) < 4.78 is 0. The first-order chi connectivity index (χ1) is 8.69. The number of hydrogen-bond acceptors (Lipinski definition) is 4. The summed E-state index contributed by atoms with van der Waals surface area (Å²) in [5, 5.41) is 14.1. The van der Waals surface area contributed by atoms with Crippen LogP contribution in [0.3, 0.4) is 0 Å². The van der Waals surface area contributed by atoms with E-state index < -0.39 is 6.04 Å². The van der Waals surface area contributed by atoms with Crippen LogP contribution in [0.4, 0.5) is 5.69 Å². The van der Waals surface area contributed by atoms with Gasteiger partial charge in [0, 0.05) is 11.4 Å². The average Bonchev–Trinajstić information content (AvgIpc) is 2.39. The summed E-state index contributed by atoms with van der Waals surface area (Å²) in [6.45, 7) is 0. The van der Waals surface area contributed by atoms with Crippen molar-refractivity contribution in [1.29, 1.82) is 5.26 Å². The molecule has 1 heterocycles. The predicted octanol–water partition coefficient (Wildman–Crippen LogP) is 0.728. The monoisotopic (exact) mass is 261 g/mol. The number of nitrogens with zero attached hydrogens (tertiary/aromatic N) is 1. The molecule has 6 heteroatoms. The molecule has 2 rings (SSSR count). The highest BCUT2D eigenvalue weighted by Gasteiger charge is 2.24. The van der Waals surface area contributed by atoms with Gasteiger partial charge in [-0.05, 0) is 18.2 Å². The molecule has 1 atom stereocenters. The molecule has 0 aliphatic carbocycles. The van der Waals surface area contributed by atoms with Crippen LogP contribution in [0.2, 0.25) is 0 Å². The van der Waals surface area contributed by atoms with Crippen molar-refractivity contribution in [3.8, 4) is 6.07 Å². The highest BCUT2D eigenvalue weighted by Crippen LogP contribution is 2.13. The van der Waals surface area contributed by atoms with E-state index in [2.05, 4.69) is 10.6 Å². The number of carbonyl (C=O) groups is 2. The molecule has 18 heavy (non-hydrogen) atoms. The van der Waals surface area contributed by atoms with E-state index in [1.807, 2.05) is 6.07 Å². The molecule has 0 saturated carbocycles. The summed E-state index contributed by atoms with van der Waals surface area (Å²) in [6.07, 6.45) is 0. The lowest BCUT2D eigenvalue weighted by atomic mass is 10.2. The number of amides is 2. The molecule has 1 aliphatic rings. The Morgan fingerprint density at radius 1 is 1.56 bits per heavy atom. The Morgan fingerprint density at radius 2 is 2.39 bits per heavy atom. The third-order valence-electron chi connectivity index (χ3n) is 2.43. The molecule has 2 N–H and O–H groups in total. The molecular weight excluding hydrogens is 250 g/mol. The fourth-order valence-electron chi connectivity index (χ4n) is 1.58. The maximum absolute atomic E-state index is 11.9. The Kier molecular flexibility index (Phi) is 3.85. The number of carbonyl (C=O) groups excluding carboxylic acids is 2. The first-order valence-corrected chi connectivity index (χ1v) is 6.52. The van der Waals surface area contributed by atoms with Gasteiger partial charge in [-0.25, -0.2) is 0 Å². The second-order valence-electron chi connectivity index (χ2n) is 3.82. The number of hydrogen-bond donors (Lipinski definition) is 2. The Morgan fingerprint density at radius 3 is 3.11 bits per heavy atom. The lowest BCUT2D eigenvalue weighted by molar-refractivity contribution is -0.124. The smallest absolute Gasteiger partial charge is 0.247 e. The second-order valence-corrected chi connectivity index (χ2v) is 4.85. The average molecular weight is 261 g/mol. The van der Waals surface area contributed by atoms with Crippen LogP contribution < -0.4 is 10.6 Å². The maximum atomic E-state index is 11.9. The van der Waals surface area contributed by atoms with E-state index in [1.54, 1.807) is 24.3 Å². The number of rotatable bonds is 2. The van der Waals surface area contributed by atoms with Gasteiger partial charge in [0.15, 0.2) is 0 Å². The van der Waals surface area contributed by atoms with Crippen molar-refractivity contribution in [3.05, 3.63) is 29.8 Å². The minimum absolute atomic E-state index is 0.128. The van der Waals surface area contributed by atoms with Crippen LogP contribution in [0.25, 0.3) is 0 Å². The van der Waals surface area contributed by atoms with Crippen molar-refractivity contribution in [1.82, 2.24) is 5.32 Å². The standard InChI is InChI=1S/C12H11N3O2S/c13-5-8-2-1-3-9(4-8)14-12(17)10-6-18-7-11(16)15-10/h1-4,10H,6-7H2,(H,14,17)(H,15,16). The van der Waals surface area contributed by atoms with Crippen molar-refractivity contribution < 1.29 is 9.59 Å². The molecule has 1 aliphatic heterocycles. The molecule has 1 fully saturated rings. The Hall–Kier alpha value is -2.00. The van der Waals surface area contributed by atoms with Crippen molar-refractivity contribution in [2.45, 2.75) is 6.04 Å². The van der Waals surface area contributed by atoms with Gasteiger partial charge in [-0.1, -0.05) is 6.07 Å². The predicted molar refractivity (Wildman–Crippen MR) is 69.0 cm³/mol. The van der Waals surface area contributed by atoms with Gasteiger partial charge in [0.25, 0.3) is 0 Å². The van der Waals surface area contributed by atoms with E-state index in [1.165, 1.54) is 11.8 Å². The minimum Gasteiger partial charge on any atom is -0.343 e. The lowest BCUT2D eigenvalue weighted by Crippen LogP contribution is -2.49. The summed E-state index contributed by atoms with van der Waals surface area (Å²) in [7, 11) is 0. The van der Waals surface area contributed by atoms with Gasteiger partial charge in [0.1, 0.15) is 6.04 Å². The third-order valence-corrected chi connectivity index (χ3v) is 3.46. The third kappa shape index (κ3) is 3.02. The Bertz CT molecular complexity index is 524. The Labute approximate surface area is 109 Å². The molecule has 5 nitrogen and oxygen atoms in total. The van der Waals surface area contributed by atoms with E-state index in [0.29, 0.717) is 22.8 Å². The fourth-order valence-corrected chi connectivity index (χ4v) is 2.44. The normalized spacial score (nSPS) is 18.6. The van der Waals surface area contributed by atoms with Crippen LogP contribution in [-0.2, 0) is 9.59 Å². The van der Waals surface area contributed by atoms with Gasteiger partial charge in [0.05, 0.1) is 17.4 Å². The molecule has 92 valence electrons. The zero-order valence-corrected chi connectivity index (χ0v) is 10.3. The molecule has 0 bridgehead atoms. The summed E-state index contributed by atoms with van der Waals surface area (Å²) in [4.78, 5) is 23.1. The molecule has 0 aromatic heterocycles. The first-order valence-electron chi connectivity index (χ1n) is 5.37. The van der Waals surface area contributed by atoms with Crippen molar-refractivity contribution in [2.75, 3.05) is 16.8 Å². The van der Waals surface area contributed by atoms with E-state index in [-0.39, 0.29) is 11.8 Å². The van der Waals surface area contributed by atoms with Gasteiger partial charge in [-0.15, -0.1) is 11.8 Å². The fraction of sp³-hybridized carbons (Fsp3) is 0.250. The second kappa shape index (κ2) is 5.56. The number of benzene rings is 1. The van der Waals surface area contributed by atoms with E-state index in [0.717, 1.165) is 0 Å². The summed E-state index contributed by atoms with van der Waals surface area (Å²) >= 11 is 1.43. The van der Waals surface area contributed by atoms with Crippen molar-refractivity contribution >= 4 is 29.3 Å². The van der Waals surface area contributed by atoms with Gasteiger partial charge in [-0.2, -0.15) is 5.26 Å². The molecule has 0 spiro atoms. The molecule has 0 radical (unpaired) electrons. The van der Waals surface area contributed by atoms with Gasteiger partial charge in [-0.3, -0.25) is 9.59 Å². The first kappa shape index (κ1) is 12.5. The van der Waals surface area contributed by atoms with Crippen molar-refractivity contribution in [2.24, 2.45) is 0 Å². The minimum atomic E-state index is -0.512. The molecule has 1 unspecified atom stereocenters. The zero-order chi connectivity index (χ0) is 13.0. The zero-order valence-electron chi connectivity index (χ0n) is 9.47. The lowest BCUT2D eigenvalue weighted by Gasteiger charge is -2.22. The van der Waals surface area contributed by atoms with Gasteiger partial charge in [0.2, 0.25) is 11.8 Å². The van der Waals surface area contributed by atoms with Crippen LogP contribution in [0.5, 0.6) is 0 Å². The van der Waals surface area contributed by atoms with Crippen LogP contribution in [0, 0.1) is 11.3 Å². The van der Waals surface area contributed by atoms with E-state index >= 15 is 0 Å². The highest BCUT2D eigenvalue weighted by atomic mass is 32.2. The van der Waals surface area contributed by atoms with Gasteiger partial charge >= 0.3 is 0 Å². The van der Waals surface area contributed by atoms with Gasteiger partial charge < -0.3 is 10.6 Å². The maximum Gasteiger partial charge on any atom is 0.247 e. The number of thioether (sulfide) groups is 1. The number of anilines is 1. The number of nitriles is 1. The summed E-state index contributed by atoms with van der Waals surface area (Å²) in [5.41, 5.74) is 1.04. The largest absolute Gasteiger partial charge is 0.343 e. The molecule has 1 saturated heterocycles. The van der Waals surface area contributed by atoms with E-state index in [4.69, 9.17) is 5.26 Å². The van der Waals surface area contributed by atoms with Crippen LogP contribution in [0.15, 0.2) is 24.3 Å². The molecular formula is C12H11N3O2S. The summed E-state index contributed by atoms with van der Waals surface area (Å²) in [6, 6.07) is 8.15. The molecule has 2 amide bonds. The topological polar surface area (TPSA) is 82.0 Å². The van der Waals surface area contributed by atoms with Crippen molar-refractivity contribution in [3.63, 3.8) is 0 Å². The van der Waals surface area contributed by atoms with E-state index in [9.17, 15) is 9.59 Å². The Balaban J connectivity index is 2.02. The molecule has 1 aromatic carbocycles. The molecule has 1 aromatic rings. The van der Waals surface area contributed by atoms with Crippen LogP contribution >= 0.6 is 11.8 Å². The van der Waals surface area contributed by atoms with Crippen LogP contribution in [-0.4, -0.2) is 29.4 Å².